The number of nitrogens with one attached hydrogen (secondary N) is 1. The summed E-state index contributed by atoms with van der Waals surface area (Å²) in [5, 5.41) is 3.55. The van der Waals surface area contributed by atoms with Gasteiger partial charge in [-0.2, -0.15) is 0 Å². The molecule has 0 saturated carbocycles. The zero-order valence-electron chi connectivity index (χ0n) is 20.1. The Morgan fingerprint density at radius 1 is 0.824 bits per heavy atom. The van der Waals surface area contributed by atoms with E-state index in [1.165, 1.54) is 0 Å². The second kappa shape index (κ2) is 12.4. The Balaban J connectivity index is 1.90. The second-order valence-electron chi connectivity index (χ2n) is 9.01. The highest BCUT2D eigenvalue weighted by Crippen LogP contribution is 2.30. The summed E-state index contributed by atoms with van der Waals surface area (Å²) in [6.45, 7) is 6.70. The molecule has 0 aliphatic heterocycles. The molecule has 0 bridgehead atoms. The van der Waals surface area contributed by atoms with Crippen LogP contribution in [0.5, 0.6) is 0 Å². The van der Waals surface area contributed by atoms with Crippen LogP contribution in [0.15, 0.2) is 84.9 Å². The molecule has 2 amide bonds. The lowest BCUT2D eigenvalue weighted by atomic mass is 9.88. The Bertz CT molecular complexity index is 1030. The van der Waals surface area contributed by atoms with Crippen LogP contribution < -0.4 is 5.32 Å². The molecule has 0 radical (unpaired) electrons. The predicted octanol–water partition coefficient (Wildman–Crippen LogP) is 6.05. The molecule has 4 nitrogen and oxygen atoms in total. The number of hydrogen-bond acceptors (Lipinski definition) is 2. The van der Waals surface area contributed by atoms with Gasteiger partial charge in [0.05, 0.1) is 0 Å². The maximum absolute atomic E-state index is 13.8. The van der Waals surface area contributed by atoms with E-state index in [2.05, 4.69) is 5.32 Å². The predicted molar refractivity (Wildman–Crippen MR) is 139 cm³/mol. The van der Waals surface area contributed by atoms with Gasteiger partial charge in [0.1, 0.15) is 6.04 Å². The zero-order chi connectivity index (χ0) is 24.5. The van der Waals surface area contributed by atoms with E-state index in [1.54, 1.807) is 17.9 Å². The third-order valence-electron chi connectivity index (χ3n) is 5.93. The fraction of sp³-hybridized carbons (Fsp3) is 0.310. The highest BCUT2D eigenvalue weighted by atomic mass is 35.5. The molecule has 178 valence electrons. The number of amides is 2. The Kier molecular flexibility index (Phi) is 9.29. The molecule has 0 aliphatic carbocycles. The van der Waals surface area contributed by atoms with Crippen molar-refractivity contribution in [2.75, 3.05) is 6.54 Å². The summed E-state index contributed by atoms with van der Waals surface area (Å²) in [5.41, 5.74) is 2.95. The molecular weight excluding hydrogens is 444 g/mol. The van der Waals surface area contributed by atoms with Crippen molar-refractivity contribution in [1.29, 1.82) is 0 Å². The van der Waals surface area contributed by atoms with Crippen molar-refractivity contribution in [2.45, 2.75) is 45.7 Å². The Hall–Kier alpha value is -3.11. The van der Waals surface area contributed by atoms with Gasteiger partial charge in [-0.3, -0.25) is 9.59 Å². The molecule has 0 saturated heterocycles. The van der Waals surface area contributed by atoms with Crippen LogP contribution in [0.4, 0.5) is 0 Å². The summed E-state index contributed by atoms with van der Waals surface area (Å²) in [4.78, 5) is 28.4. The van der Waals surface area contributed by atoms with Crippen molar-refractivity contribution in [3.05, 3.63) is 107 Å². The monoisotopic (exact) mass is 476 g/mol. The van der Waals surface area contributed by atoms with Gasteiger partial charge in [-0.15, -0.1) is 0 Å². The molecule has 0 heterocycles. The molecule has 1 N–H and O–H groups in total. The number of hydrogen-bond donors (Lipinski definition) is 1. The van der Waals surface area contributed by atoms with E-state index in [0.29, 0.717) is 17.5 Å². The zero-order valence-corrected chi connectivity index (χ0v) is 20.8. The third-order valence-corrected chi connectivity index (χ3v) is 6.30. The normalized spacial score (nSPS) is 11.9. The topological polar surface area (TPSA) is 49.4 Å². The number of benzene rings is 3. The molecule has 3 aromatic carbocycles. The van der Waals surface area contributed by atoms with Gasteiger partial charge in [0, 0.05) is 30.5 Å². The summed E-state index contributed by atoms with van der Waals surface area (Å²) in [7, 11) is 0. The van der Waals surface area contributed by atoms with Gasteiger partial charge in [-0.25, -0.2) is 0 Å². The maximum atomic E-state index is 13.8. The van der Waals surface area contributed by atoms with Gasteiger partial charge >= 0.3 is 0 Å². The minimum Gasteiger partial charge on any atom is -0.354 e. The number of halogens is 1. The Labute approximate surface area is 207 Å². The molecule has 0 aromatic heterocycles. The third kappa shape index (κ3) is 6.94. The highest BCUT2D eigenvalue weighted by molar-refractivity contribution is 6.31. The van der Waals surface area contributed by atoms with Crippen molar-refractivity contribution in [2.24, 2.45) is 5.92 Å². The lowest BCUT2D eigenvalue weighted by molar-refractivity contribution is -0.140. The van der Waals surface area contributed by atoms with Crippen LogP contribution in [0.3, 0.4) is 0 Å². The largest absolute Gasteiger partial charge is 0.354 e. The molecule has 0 fully saturated rings. The fourth-order valence-electron chi connectivity index (χ4n) is 3.94. The molecular formula is C29H33ClN2O2. The van der Waals surface area contributed by atoms with Gasteiger partial charge in [0.25, 0.3) is 0 Å². The lowest BCUT2D eigenvalue weighted by Gasteiger charge is -2.31. The Morgan fingerprint density at radius 2 is 1.35 bits per heavy atom. The van der Waals surface area contributed by atoms with Crippen LogP contribution in [0.1, 0.15) is 49.8 Å². The van der Waals surface area contributed by atoms with Crippen molar-refractivity contribution in [1.82, 2.24) is 10.2 Å². The van der Waals surface area contributed by atoms with Gasteiger partial charge in [-0.1, -0.05) is 104 Å². The van der Waals surface area contributed by atoms with Gasteiger partial charge in [-0.05, 0) is 35.6 Å². The number of nitrogens with zero attached hydrogens (tertiary/aromatic N) is 1. The first-order valence-corrected chi connectivity index (χ1v) is 12.1. The quantitative estimate of drug-likeness (QED) is 0.387. The van der Waals surface area contributed by atoms with Gasteiger partial charge < -0.3 is 10.2 Å². The van der Waals surface area contributed by atoms with Crippen molar-refractivity contribution >= 4 is 23.4 Å². The first-order chi connectivity index (χ1) is 16.4. The highest BCUT2D eigenvalue weighted by Gasteiger charge is 2.29. The SMILES string of the molecule is CC(C)CNC(=O)[C@H](C)N(Cc1ccccc1Cl)C(=O)CC(c1ccccc1)c1ccccc1. The number of rotatable bonds is 10. The van der Waals surface area contributed by atoms with Crippen LogP contribution in [-0.2, 0) is 16.1 Å². The standard InChI is InChI=1S/C29H33ClN2O2/c1-21(2)19-31-29(34)22(3)32(20-25-16-10-11-17-27(25)30)28(33)18-26(23-12-6-4-7-13-23)24-14-8-5-9-15-24/h4-17,21-22,26H,18-20H2,1-3H3,(H,31,34)/t22-/m0/s1. The molecule has 0 spiro atoms. The second-order valence-corrected chi connectivity index (χ2v) is 9.41. The van der Waals surface area contributed by atoms with E-state index in [9.17, 15) is 9.59 Å². The van der Waals surface area contributed by atoms with Crippen LogP contribution >= 0.6 is 11.6 Å². The first-order valence-electron chi connectivity index (χ1n) is 11.8. The lowest BCUT2D eigenvalue weighted by Crippen LogP contribution is -2.48. The molecule has 3 aromatic rings. The van der Waals surface area contributed by atoms with E-state index >= 15 is 0 Å². The fourth-order valence-corrected chi connectivity index (χ4v) is 4.13. The van der Waals surface area contributed by atoms with E-state index in [1.807, 2.05) is 92.7 Å². The van der Waals surface area contributed by atoms with Crippen molar-refractivity contribution in [3.63, 3.8) is 0 Å². The molecule has 3 rings (SSSR count). The average Bonchev–Trinajstić information content (AvgIpc) is 2.85. The molecule has 5 heteroatoms. The minimum absolute atomic E-state index is 0.0928. The number of carbonyl (C=O) groups excluding carboxylic acids is 2. The van der Waals surface area contributed by atoms with Crippen LogP contribution in [0, 0.1) is 5.92 Å². The average molecular weight is 477 g/mol. The van der Waals surface area contributed by atoms with Crippen LogP contribution in [-0.4, -0.2) is 29.3 Å². The molecule has 0 aliphatic rings. The summed E-state index contributed by atoms with van der Waals surface area (Å²) in [6, 6.07) is 26.9. The van der Waals surface area contributed by atoms with Crippen LogP contribution in [0.2, 0.25) is 5.02 Å². The minimum atomic E-state index is -0.630. The summed E-state index contributed by atoms with van der Waals surface area (Å²) >= 11 is 6.42. The molecule has 0 unspecified atom stereocenters. The van der Waals surface area contributed by atoms with Crippen molar-refractivity contribution < 1.29 is 9.59 Å². The molecule has 34 heavy (non-hydrogen) atoms. The Morgan fingerprint density at radius 3 is 1.88 bits per heavy atom. The summed E-state index contributed by atoms with van der Waals surface area (Å²) < 4.78 is 0. The maximum Gasteiger partial charge on any atom is 0.242 e. The van der Waals surface area contributed by atoms with E-state index < -0.39 is 6.04 Å². The van der Waals surface area contributed by atoms with Gasteiger partial charge in [0.2, 0.25) is 11.8 Å². The van der Waals surface area contributed by atoms with Crippen LogP contribution in [0.25, 0.3) is 0 Å². The van der Waals surface area contributed by atoms with Crippen molar-refractivity contribution in [3.8, 4) is 0 Å². The summed E-state index contributed by atoms with van der Waals surface area (Å²) in [6.07, 6.45) is 0.250. The number of carbonyl (C=O) groups is 2. The molecule has 1 atom stereocenters. The van der Waals surface area contributed by atoms with Gasteiger partial charge in [0.15, 0.2) is 0 Å². The first kappa shape index (κ1) is 25.5. The summed E-state index contributed by atoms with van der Waals surface area (Å²) in [5.74, 6) is -0.0473. The van der Waals surface area contributed by atoms with E-state index in [-0.39, 0.29) is 30.7 Å². The van der Waals surface area contributed by atoms with E-state index in [0.717, 1.165) is 16.7 Å². The smallest absolute Gasteiger partial charge is 0.242 e. The van der Waals surface area contributed by atoms with E-state index in [4.69, 9.17) is 11.6 Å².